The van der Waals surface area contributed by atoms with Crippen LogP contribution >= 0.6 is 0 Å². The Morgan fingerprint density at radius 2 is 1.40 bits per heavy atom. The van der Waals surface area contributed by atoms with Crippen LogP contribution in [0.5, 0.6) is 0 Å². The van der Waals surface area contributed by atoms with E-state index in [-0.39, 0.29) is 17.5 Å². The summed E-state index contributed by atoms with van der Waals surface area (Å²) in [4.78, 5) is 7.80. The third-order valence-corrected chi connectivity index (χ3v) is 14.5. The second-order valence-electron chi connectivity index (χ2n) is 17.8. The molecule has 6 aromatic carbocycles. The van der Waals surface area contributed by atoms with Gasteiger partial charge in [0.25, 0.3) is 0 Å². The first-order valence-electron chi connectivity index (χ1n) is 21.9. The van der Waals surface area contributed by atoms with E-state index in [1.54, 1.807) is 0 Å². The zero-order valence-corrected chi connectivity index (χ0v) is 34.2. The molecule has 12 rings (SSSR count). The van der Waals surface area contributed by atoms with Gasteiger partial charge in [-0.25, -0.2) is 0 Å². The first-order valence-corrected chi connectivity index (χ1v) is 21.9. The van der Waals surface area contributed by atoms with Crippen LogP contribution in [0.15, 0.2) is 198 Å². The second-order valence-corrected chi connectivity index (χ2v) is 17.8. The lowest BCUT2D eigenvalue weighted by atomic mass is 9.65. The molecule has 3 aliphatic carbocycles. The van der Waals surface area contributed by atoms with E-state index in [1.807, 2.05) is 0 Å². The van der Waals surface area contributed by atoms with Crippen molar-refractivity contribution in [3.05, 3.63) is 211 Å². The van der Waals surface area contributed by atoms with Gasteiger partial charge in [-0.05, 0) is 115 Å². The van der Waals surface area contributed by atoms with Crippen molar-refractivity contribution in [1.82, 2.24) is 0 Å². The van der Waals surface area contributed by atoms with Crippen LogP contribution in [-0.4, -0.2) is 18.1 Å². The molecule has 0 saturated heterocycles. The molecule has 0 spiro atoms. The van der Waals surface area contributed by atoms with Gasteiger partial charge in [-0.2, -0.15) is 0 Å². The molecule has 4 heteroatoms. The molecule has 60 heavy (non-hydrogen) atoms. The fraction of sp³-hybridized carbons (Fsp3) is 0.214. The topological polar surface area (TPSA) is 22.9 Å². The van der Waals surface area contributed by atoms with E-state index in [2.05, 4.69) is 217 Å². The first kappa shape index (κ1) is 35.4. The van der Waals surface area contributed by atoms with Gasteiger partial charge >= 0.3 is 0 Å². The fourth-order valence-electron chi connectivity index (χ4n) is 12.0. The van der Waals surface area contributed by atoms with E-state index in [1.165, 1.54) is 50.2 Å². The van der Waals surface area contributed by atoms with E-state index in [4.69, 9.17) is 4.42 Å². The molecule has 1 saturated carbocycles. The largest absolute Gasteiger partial charge is 0.454 e. The van der Waals surface area contributed by atoms with Gasteiger partial charge in [0.2, 0.25) is 0 Å². The highest BCUT2D eigenvalue weighted by molar-refractivity contribution is 6.11. The monoisotopic (exact) mass is 779 g/mol. The number of hydrogen-bond acceptors (Lipinski definition) is 4. The molecule has 5 unspecified atom stereocenters. The molecule has 0 bridgehead atoms. The summed E-state index contributed by atoms with van der Waals surface area (Å²) in [7, 11) is 0. The third-order valence-electron chi connectivity index (χ3n) is 14.5. The van der Waals surface area contributed by atoms with Crippen molar-refractivity contribution in [2.24, 2.45) is 5.92 Å². The number of anilines is 5. The van der Waals surface area contributed by atoms with Gasteiger partial charge in [0.05, 0.1) is 17.8 Å². The number of fused-ring (bicyclic) bond motifs is 10. The smallest absolute Gasteiger partial charge is 0.159 e. The predicted octanol–water partition coefficient (Wildman–Crippen LogP) is 14.0. The molecule has 1 aromatic heterocycles. The minimum atomic E-state index is -0.234. The van der Waals surface area contributed by atoms with E-state index < -0.39 is 0 Å². The summed E-state index contributed by atoms with van der Waals surface area (Å²) in [6.07, 6.45) is 19.9. The summed E-state index contributed by atoms with van der Waals surface area (Å²) in [6, 6.07) is 53.7. The molecule has 7 atom stereocenters. The van der Waals surface area contributed by atoms with Crippen molar-refractivity contribution >= 4 is 50.4 Å². The molecule has 2 aliphatic heterocycles. The Hall–Kier alpha value is -6.52. The minimum Gasteiger partial charge on any atom is -0.454 e. The fourth-order valence-corrected chi connectivity index (χ4v) is 12.0. The van der Waals surface area contributed by atoms with Crippen LogP contribution in [0.4, 0.5) is 28.4 Å². The van der Waals surface area contributed by atoms with Gasteiger partial charge in [0.15, 0.2) is 5.58 Å². The molecule has 5 aliphatic rings. The van der Waals surface area contributed by atoms with E-state index >= 15 is 0 Å². The second kappa shape index (κ2) is 13.8. The Morgan fingerprint density at radius 3 is 2.15 bits per heavy atom. The van der Waals surface area contributed by atoms with E-state index in [0.717, 1.165) is 41.8 Å². The van der Waals surface area contributed by atoms with Crippen LogP contribution < -0.4 is 14.7 Å². The van der Waals surface area contributed by atoms with Crippen molar-refractivity contribution in [2.75, 3.05) is 14.7 Å². The first-order chi connectivity index (χ1) is 29.6. The maximum Gasteiger partial charge on any atom is 0.159 e. The average molecular weight is 780 g/mol. The van der Waals surface area contributed by atoms with Crippen LogP contribution in [0.2, 0.25) is 0 Å². The van der Waals surface area contributed by atoms with Crippen LogP contribution in [0, 0.1) is 5.92 Å². The highest BCUT2D eigenvalue weighted by Crippen LogP contribution is 2.61. The molecule has 294 valence electrons. The molecule has 7 aromatic rings. The van der Waals surface area contributed by atoms with Gasteiger partial charge in [-0.3, -0.25) is 0 Å². The molecule has 3 heterocycles. The highest BCUT2D eigenvalue weighted by atomic mass is 16.3. The summed E-state index contributed by atoms with van der Waals surface area (Å²) < 4.78 is 7.05. The molecule has 0 radical (unpaired) electrons. The summed E-state index contributed by atoms with van der Waals surface area (Å²) in [5, 5.41) is 2.44. The number of para-hydroxylation sites is 5. The lowest BCUT2D eigenvalue weighted by molar-refractivity contribution is 0.273. The molecular formula is C56H49N3O. The lowest BCUT2D eigenvalue weighted by Gasteiger charge is -2.42. The maximum absolute atomic E-state index is 7.05. The summed E-state index contributed by atoms with van der Waals surface area (Å²) >= 11 is 0. The Morgan fingerprint density at radius 1 is 0.700 bits per heavy atom. The van der Waals surface area contributed by atoms with Crippen LogP contribution in [0.3, 0.4) is 0 Å². The van der Waals surface area contributed by atoms with Crippen molar-refractivity contribution in [2.45, 2.75) is 68.5 Å². The molecule has 1 fully saturated rings. The zero-order chi connectivity index (χ0) is 40.0. The number of nitrogens with zero attached hydrogens (tertiary/aromatic N) is 3. The number of hydrogen-bond donors (Lipinski definition) is 0. The molecule has 4 nitrogen and oxygen atoms in total. The number of rotatable bonds is 6. The van der Waals surface area contributed by atoms with Crippen molar-refractivity contribution in [3.63, 3.8) is 0 Å². The van der Waals surface area contributed by atoms with E-state index in [0.29, 0.717) is 23.8 Å². The van der Waals surface area contributed by atoms with Crippen molar-refractivity contribution in [1.29, 1.82) is 0 Å². The number of allylic oxidation sites excluding steroid dienone is 3. The third kappa shape index (κ3) is 5.29. The number of benzene rings is 6. The Bertz CT molecular complexity index is 2850. The summed E-state index contributed by atoms with van der Waals surface area (Å²) in [6.45, 7) is 5.01. The Balaban J connectivity index is 1.01. The van der Waals surface area contributed by atoms with Crippen LogP contribution in [0.1, 0.15) is 61.6 Å². The highest BCUT2D eigenvalue weighted by Gasteiger charge is 2.53. The van der Waals surface area contributed by atoms with Gasteiger partial charge in [0.1, 0.15) is 5.58 Å². The van der Waals surface area contributed by atoms with Crippen LogP contribution in [-0.2, 0) is 5.41 Å². The molecule has 0 amide bonds. The van der Waals surface area contributed by atoms with Gasteiger partial charge in [-0.15, -0.1) is 0 Å². The maximum atomic E-state index is 7.05. The normalized spacial score (nSPS) is 26.2. The molecular weight excluding hydrogens is 731 g/mol. The summed E-state index contributed by atoms with van der Waals surface area (Å²) in [5.74, 6) is 1.38. The van der Waals surface area contributed by atoms with E-state index in [9.17, 15) is 0 Å². The van der Waals surface area contributed by atoms with Gasteiger partial charge < -0.3 is 19.1 Å². The Labute approximate surface area is 353 Å². The van der Waals surface area contributed by atoms with Crippen molar-refractivity contribution < 1.29 is 4.42 Å². The Kier molecular flexibility index (Phi) is 8.13. The quantitative estimate of drug-likeness (QED) is 0.168. The summed E-state index contributed by atoms with van der Waals surface area (Å²) in [5.41, 5.74) is 13.7. The molecule has 0 N–H and O–H groups in total. The predicted molar refractivity (Wildman–Crippen MR) is 249 cm³/mol. The lowest BCUT2D eigenvalue weighted by Crippen LogP contribution is -2.46. The van der Waals surface area contributed by atoms with Crippen molar-refractivity contribution in [3.8, 4) is 0 Å². The van der Waals surface area contributed by atoms with Gasteiger partial charge in [-0.1, -0.05) is 134 Å². The SMILES string of the molecule is CC1CC(c2cc3c(oc4ccccc43)c3c2[C@]2(C)C=CC=CC2N3C2C=CC(N(c3ccccc3)c3ccccc3)=CC2)CC2[C@@H]1c1ccccc1N2c1ccccc1. The average Bonchev–Trinajstić information content (AvgIpc) is 3.93. The van der Waals surface area contributed by atoms with Gasteiger partial charge in [0, 0.05) is 56.6 Å². The standard InChI is InChI=1S/C56H49N3O/c1-37-34-38(35-49-52(37)45-25-12-14-26-48(45)58(49)41-22-10-5-11-23-41)46-36-47-44-24-13-15-27-50(44)60-55(47)54-53(46)56(2)33-17-16-28-51(56)59(54)43-31-29-42(30-32-43)57(39-18-6-3-7-19-39)40-20-8-4-9-21-40/h3-31,33,36-38,43,49,51-52H,32,34-35H2,1-2H3/t37?,38?,43?,49?,51?,52-,56+/m0/s1. The minimum absolute atomic E-state index is 0.142. The van der Waals surface area contributed by atoms with Crippen LogP contribution in [0.25, 0.3) is 21.9 Å². The zero-order valence-electron chi connectivity index (χ0n) is 34.2. The number of furan rings is 1.